The highest BCUT2D eigenvalue weighted by molar-refractivity contribution is 5.95. The molecule has 1 aliphatic rings. The van der Waals surface area contributed by atoms with E-state index >= 15 is 0 Å². The molecule has 1 atom stereocenters. The van der Waals surface area contributed by atoms with Crippen molar-refractivity contribution >= 4 is 24.0 Å². The monoisotopic (exact) mass is 283 g/mol. The van der Waals surface area contributed by atoms with E-state index < -0.39 is 0 Å². The summed E-state index contributed by atoms with van der Waals surface area (Å²) in [5, 5.41) is 6.29. The molecule has 0 spiro atoms. The number of amides is 1. The lowest BCUT2D eigenvalue weighted by Crippen LogP contribution is -2.53. The van der Waals surface area contributed by atoms with Crippen molar-refractivity contribution in [2.24, 2.45) is 5.41 Å². The van der Waals surface area contributed by atoms with E-state index in [1.165, 1.54) is 0 Å². The first-order chi connectivity index (χ1) is 8.50. The number of aryl methyl sites for hydroxylation is 1. The van der Waals surface area contributed by atoms with Crippen molar-refractivity contribution in [3.05, 3.63) is 24.0 Å². The van der Waals surface area contributed by atoms with Crippen LogP contribution in [0.4, 0.5) is 5.69 Å². The largest absolute Gasteiger partial charge is 0.323 e. The Labute approximate surface area is 120 Å². The summed E-state index contributed by atoms with van der Waals surface area (Å²) in [5.74, 6) is 0.0378. The normalized spacial score (nSPS) is 21.3. The van der Waals surface area contributed by atoms with Gasteiger partial charge in [-0.15, -0.1) is 12.4 Å². The van der Waals surface area contributed by atoms with Crippen LogP contribution < -0.4 is 10.6 Å². The molecule has 4 nitrogen and oxygen atoms in total. The van der Waals surface area contributed by atoms with Gasteiger partial charge in [0, 0.05) is 6.20 Å². The second kappa shape index (κ2) is 6.35. The van der Waals surface area contributed by atoms with Gasteiger partial charge in [-0.1, -0.05) is 13.8 Å². The number of nitrogens with zero attached hydrogens (tertiary/aromatic N) is 1. The molecule has 106 valence electrons. The van der Waals surface area contributed by atoms with Crippen LogP contribution in [0.2, 0.25) is 0 Å². The number of carbonyl (C=O) groups is 1. The van der Waals surface area contributed by atoms with Crippen molar-refractivity contribution in [2.45, 2.75) is 39.7 Å². The summed E-state index contributed by atoms with van der Waals surface area (Å²) >= 11 is 0. The third-order valence-corrected chi connectivity index (χ3v) is 3.69. The van der Waals surface area contributed by atoms with Gasteiger partial charge in [0.2, 0.25) is 5.91 Å². The Hall–Kier alpha value is -1.13. The van der Waals surface area contributed by atoms with Crippen LogP contribution in [0.25, 0.3) is 0 Å². The summed E-state index contributed by atoms with van der Waals surface area (Å²) < 4.78 is 0. The molecule has 0 bridgehead atoms. The van der Waals surface area contributed by atoms with Gasteiger partial charge in [0.1, 0.15) is 0 Å². The lowest BCUT2D eigenvalue weighted by molar-refractivity contribution is -0.121. The molecule has 1 fully saturated rings. The van der Waals surface area contributed by atoms with Crippen LogP contribution in [-0.4, -0.2) is 23.5 Å². The fourth-order valence-corrected chi connectivity index (χ4v) is 2.46. The van der Waals surface area contributed by atoms with E-state index in [1.54, 1.807) is 12.4 Å². The van der Waals surface area contributed by atoms with Gasteiger partial charge in [-0.05, 0) is 43.4 Å². The van der Waals surface area contributed by atoms with Gasteiger partial charge in [0.15, 0.2) is 0 Å². The topological polar surface area (TPSA) is 54.0 Å². The number of piperidine rings is 1. The van der Waals surface area contributed by atoms with Gasteiger partial charge in [0.25, 0.3) is 0 Å². The Balaban J connectivity index is 0.00000180. The highest BCUT2D eigenvalue weighted by atomic mass is 35.5. The maximum Gasteiger partial charge on any atom is 0.242 e. The molecule has 2 N–H and O–H groups in total. The predicted molar refractivity (Wildman–Crippen MR) is 79.7 cm³/mol. The molecular weight excluding hydrogens is 262 g/mol. The lowest BCUT2D eigenvalue weighted by atomic mass is 9.77. The van der Waals surface area contributed by atoms with Gasteiger partial charge < -0.3 is 10.6 Å². The standard InChI is InChI=1S/C14H21N3O.ClH/c1-10-5-8-15-9-11(10)17-13(18)12-14(2,3)6-4-7-16-12;/h5,8-9,12,16H,4,6-7H2,1-3H3,(H,17,18);1H. The minimum Gasteiger partial charge on any atom is -0.323 e. The summed E-state index contributed by atoms with van der Waals surface area (Å²) in [6, 6.07) is 1.76. The summed E-state index contributed by atoms with van der Waals surface area (Å²) in [4.78, 5) is 16.4. The molecule has 0 radical (unpaired) electrons. The Bertz CT molecular complexity index is 448. The van der Waals surface area contributed by atoms with E-state index in [-0.39, 0.29) is 29.8 Å². The highest BCUT2D eigenvalue weighted by Crippen LogP contribution is 2.30. The third-order valence-electron chi connectivity index (χ3n) is 3.69. The Morgan fingerprint density at radius 2 is 2.26 bits per heavy atom. The second-order valence-corrected chi connectivity index (χ2v) is 5.66. The van der Waals surface area contributed by atoms with Crippen LogP contribution in [0.3, 0.4) is 0 Å². The molecule has 5 heteroatoms. The minimum absolute atomic E-state index is 0. The molecule has 0 aromatic carbocycles. The first kappa shape index (κ1) is 15.9. The number of nitrogens with one attached hydrogen (secondary N) is 2. The zero-order valence-corrected chi connectivity index (χ0v) is 12.5. The number of carbonyl (C=O) groups excluding carboxylic acids is 1. The van der Waals surface area contributed by atoms with Crippen LogP contribution in [0, 0.1) is 12.3 Å². The molecule has 1 saturated heterocycles. The summed E-state index contributed by atoms with van der Waals surface area (Å²) in [7, 11) is 0. The zero-order chi connectivity index (χ0) is 13.2. The van der Waals surface area contributed by atoms with Crippen molar-refractivity contribution in [1.82, 2.24) is 10.3 Å². The maximum absolute atomic E-state index is 12.3. The molecular formula is C14H22ClN3O. The SMILES string of the molecule is Cc1ccncc1NC(=O)C1NCCCC1(C)C.Cl. The van der Waals surface area contributed by atoms with Gasteiger partial charge in [-0.25, -0.2) is 0 Å². The number of hydrogen-bond acceptors (Lipinski definition) is 3. The van der Waals surface area contributed by atoms with Crippen LogP contribution >= 0.6 is 12.4 Å². The van der Waals surface area contributed by atoms with E-state index in [9.17, 15) is 4.79 Å². The fraction of sp³-hybridized carbons (Fsp3) is 0.571. The van der Waals surface area contributed by atoms with Gasteiger partial charge in [-0.3, -0.25) is 9.78 Å². The molecule has 1 unspecified atom stereocenters. The van der Waals surface area contributed by atoms with Crippen molar-refractivity contribution in [3.8, 4) is 0 Å². The Kier molecular flexibility index (Phi) is 5.32. The van der Waals surface area contributed by atoms with Crippen molar-refractivity contribution in [3.63, 3.8) is 0 Å². The van der Waals surface area contributed by atoms with E-state index in [0.29, 0.717) is 0 Å². The van der Waals surface area contributed by atoms with Gasteiger partial charge in [-0.2, -0.15) is 0 Å². The van der Waals surface area contributed by atoms with E-state index in [0.717, 1.165) is 30.6 Å². The minimum atomic E-state index is -0.133. The van der Waals surface area contributed by atoms with Crippen LogP contribution in [0.1, 0.15) is 32.3 Å². The van der Waals surface area contributed by atoms with Crippen LogP contribution in [0.15, 0.2) is 18.5 Å². The predicted octanol–water partition coefficient (Wildman–Crippen LogP) is 2.53. The Morgan fingerprint density at radius 3 is 2.89 bits per heavy atom. The average Bonchev–Trinajstić information content (AvgIpc) is 2.31. The molecule has 1 aliphatic heterocycles. The summed E-state index contributed by atoms with van der Waals surface area (Å²) in [6.45, 7) is 7.16. The smallest absolute Gasteiger partial charge is 0.242 e. The second-order valence-electron chi connectivity index (χ2n) is 5.66. The quantitative estimate of drug-likeness (QED) is 0.877. The van der Waals surface area contributed by atoms with Crippen molar-refractivity contribution in [2.75, 3.05) is 11.9 Å². The van der Waals surface area contributed by atoms with E-state index in [2.05, 4.69) is 29.5 Å². The van der Waals surface area contributed by atoms with Crippen LogP contribution in [-0.2, 0) is 4.79 Å². The number of pyridine rings is 1. The molecule has 0 saturated carbocycles. The number of rotatable bonds is 2. The average molecular weight is 284 g/mol. The number of halogens is 1. The summed E-state index contributed by atoms with van der Waals surface area (Å²) in [5.41, 5.74) is 1.83. The number of hydrogen-bond donors (Lipinski definition) is 2. The van der Waals surface area contributed by atoms with Crippen molar-refractivity contribution in [1.29, 1.82) is 0 Å². The molecule has 1 aromatic heterocycles. The van der Waals surface area contributed by atoms with Gasteiger partial charge in [0.05, 0.1) is 17.9 Å². The van der Waals surface area contributed by atoms with Crippen LogP contribution in [0.5, 0.6) is 0 Å². The lowest BCUT2D eigenvalue weighted by Gasteiger charge is -2.38. The van der Waals surface area contributed by atoms with E-state index in [1.807, 2.05) is 13.0 Å². The molecule has 0 aliphatic carbocycles. The van der Waals surface area contributed by atoms with Gasteiger partial charge >= 0.3 is 0 Å². The summed E-state index contributed by atoms with van der Waals surface area (Å²) in [6.07, 6.45) is 5.63. The third kappa shape index (κ3) is 3.67. The first-order valence-electron chi connectivity index (χ1n) is 6.45. The number of anilines is 1. The molecule has 19 heavy (non-hydrogen) atoms. The first-order valence-corrected chi connectivity index (χ1v) is 6.45. The number of aromatic nitrogens is 1. The Morgan fingerprint density at radius 1 is 1.53 bits per heavy atom. The molecule has 1 aromatic rings. The highest BCUT2D eigenvalue weighted by Gasteiger charge is 2.37. The maximum atomic E-state index is 12.3. The molecule has 2 rings (SSSR count). The zero-order valence-electron chi connectivity index (χ0n) is 11.7. The fourth-order valence-electron chi connectivity index (χ4n) is 2.46. The van der Waals surface area contributed by atoms with E-state index in [4.69, 9.17) is 0 Å². The molecule has 1 amide bonds. The molecule has 2 heterocycles. The van der Waals surface area contributed by atoms with Crippen molar-refractivity contribution < 1.29 is 4.79 Å².